The van der Waals surface area contributed by atoms with Gasteiger partial charge in [-0.2, -0.15) is 5.10 Å². The zero-order valence-corrected chi connectivity index (χ0v) is 16.0. The molecule has 4 rings (SSSR count). The van der Waals surface area contributed by atoms with E-state index in [4.69, 9.17) is 4.74 Å². The smallest absolute Gasteiger partial charge is 0.257 e. The number of aromatic nitrogens is 3. The average Bonchev–Trinajstić information content (AvgIpc) is 3.29. The lowest BCUT2D eigenvalue weighted by molar-refractivity contribution is 0.0733. The minimum absolute atomic E-state index is 0.0198. The molecule has 1 aliphatic heterocycles. The Bertz CT molecular complexity index is 978. The molecule has 6 heteroatoms. The van der Waals surface area contributed by atoms with Crippen LogP contribution < -0.4 is 4.74 Å². The number of fused-ring (bicyclic) bond motifs is 1. The number of aryl methyl sites for hydroxylation is 2. The number of rotatable bonds is 4. The first-order valence-corrected chi connectivity index (χ1v) is 9.44. The summed E-state index contributed by atoms with van der Waals surface area (Å²) in [5.74, 6) is 0.878. The van der Waals surface area contributed by atoms with Crippen molar-refractivity contribution < 1.29 is 9.53 Å². The third kappa shape index (κ3) is 3.16. The van der Waals surface area contributed by atoms with Gasteiger partial charge in [-0.15, -0.1) is 0 Å². The number of benzene rings is 1. The summed E-state index contributed by atoms with van der Waals surface area (Å²) in [5, 5.41) is 4.46. The fraction of sp³-hybridized carbons (Fsp3) is 0.381. The summed E-state index contributed by atoms with van der Waals surface area (Å²) >= 11 is 0. The Morgan fingerprint density at radius 1 is 1.26 bits per heavy atom. The summed E-state index contributed by atoms with van der Waals surface area (Å²) in [6.45, 7) is 7.23. The predicted molar refractivity (Wildman–Crippen MR) is 103 cm³/mol. The van der Waals surface area contributed by atoms with Crippen LogP contribution in [0.4, 0.5) is 0 Å². The van der Waals surface area contributed by atoms with E-state index in [0.717, 1.165) is 47.7 Å². The number of ether oxygens (including phenoxy) is 1. The largest absolute Gasteiger partial charge is 0.494 e. The molecule has 1 amide bonds. The minimum atomic E-state index is 0.0198. The van der Waals surface area contributed by atoms with Crippen LogP contribution in [0.1, 0.15) is 53.1 Å². The van der Waals surface area contributed by atoms with Gasteiger partial charge in [0.2, 0.25) is 0 Å². The minimum Gasteiger partial charge on any atom is -0.494 e. The number of nitrogens with zero attached hydrogens (tertiary/aromatic N) is 4. The van der Waals surface area contributed by atoms with Crippen molar-refractivity contribution in [3.8, 4) is 5.75 Å². The molecule has 3 aromatic rings. The van der Waals surface area contributed by atoms with Gasteiger partial charge in [-0.3, -0.25) is 4.79 Å². The Labute approximate surface area is 158 Å². The number of likely N-dealkylation sites (tertiary alicyclic amines) is 1. The molecule has 0 N–H and O–H groups in total. The molecule has 140 valence electrons. The Balaban J connectivity index is 1.63. The van der Waals surface area contributed by atoms with Crippen molar-refractivity contribution in [1.82, 2.24) is 19.5 Å². The summed E-state index contributed by atoms with van der Waals surface area (Å²) in [4.78, 5) is 19.7. The molecular weight excluding hydrogens is 340 g/mol. The molecule has 1 aliphatic rings. The quantitative estimate of drug-likeness (QED) is 0.708. The zero-order chi connectivity index (χ0) is 19.0. The maximum Gasteiger partial charge on any atom is 0.257 e. The first-order chi connectivity index (χ1) is 13.1. The van der Waals surface area contributed by atoms with Crippen LogP contribution in [0.3, 0.4) is 0 Å². The molecule has 1 unspecified atom stereocenters. The van der Waals surface area contributed by atoms with E-state index in [0.29, 0.717) is 12.2 Å². The number of hydrogen-bond acceptors (Lipinski definition) is 4. The van der Waals surface area contributed by atoms with Crippen molar-refractivity contribution in [2.24, 2.45) is 0 Å². The molecule has 6 nitrogen and oxygen atoms in total. The van der Waals surface area contributed by atoms with Crippen LogP contribution in [0.2, 0.25) is 0 Å². The summed E-state index contributed by atoms with van der Waals surface area (Å²) in [5.41, 5.74) is 4.25. The maximum absolute atomic E-state index is 13.3. The number of carbonyl (C=O) groups is 1. The number of hydrogen-bond donors (Lipinski definition) is 0. The van der Waals surface area contributed by atoms with E-state index >= 15 is 0 Å². The van der Waals surface area contributed by atoms with Crippen molar-refractivity contribution in [3.63, 3.8) is 0 Å². The van der Waals surface area contributed by atoms with Crippen LogP contribution in [-0.2, 0) is 0 Å². The van der Waals surface area contributed by atoms with Crippen molar-refractivity contribution >= 4 is 11.6 Å². The summed E-state index contributed by atoms with van der Waals surface area (Å²) < 4.78 is 7.28. The summed E-state index contributed by atoms with van der Waals surface area (Å²) in [7, 11) is 0. The summed E-state index contributed by atoms with van der Waals surface area (Å²) in [6.07, 6.45) is 3.65. The Kier molecular flexibility index (Phi) is 4.56. The second-order valence-corrected chi connectivity index (χ2v) is 6.97. The number of amides is 1. The van der Waals surface area contributed by atoms with E-state index in [9.17, 15) is 4.79 Å². The van der Waals surface area contributed by atoms with Gasteiger partial charge in [0.05, 0.1) is 29.6 Å². The molecule has 1 aromatic carbocycles. The molecule has 1 saturated heterocycles. The second-order valence-electron chi connectivity index (χ2n) is 6.97. The third-order valence-corrected chi connectivity index (χ3v) is 5.17. The Morgan fingerprint density at radius 2 is 2.04 bits per heavy atom. The molecule has 0 radical (unpaired) electrons. The van der Waals surface area contributed by atoms with Gasteiger partial charge in [-0.05, 0) is 51.3 Å². The van der Waals surface area contributed by atoms with Crippen LogP contribution >= 0.6 is 0 Å². The van der Waals surface area contributed by atoms with Crippen LogP contribution in [-0.4, -0.2) is 38.6 Å². The third-order valence-electron chi connectivity index (χ3n) is 5.17. The van der Waals surface area contributed by atoms with Crippen LogP contribution in [0, 0.1) is 13.8 Å². The molecule has 0 saturated carbocycles. The highest BCUT2D eigenvalue weighted by atomic mass is 16.5. The normalized spacial score (nSPS) is 16.9. The van der Waals surface area contributed by atoms with Gasteiger partial charge >= 0.3 is 0 Å². The van der Waals surface area contributed by atoms with Gasteiger partial charge in [0.25, 0.3) is 5.91 Å². The van der Waals surface area contributed by atoms with Gasteiger partial charge < -0.3 is 9.64 Å². The van der Waals surface area contributed by atoms with E-state index in [-0.39, 0.29) is 11.9 Å². The lowest BCUT2D eigenvalue weighted by Gasteiger charge is -2.26. The van der Waals surface area contributed by atoms with E-state index in [2.05, 4.69) is 22.2 Å². The average molecular weight is 364 g/mol. The van der Waals surface area contributed by atoms with Crippen LogP contribution in [0.15, 0.2) is 36.5 Å². The molecule has 0 spiro atoms. The fourth-order valence-electron chi connectivity index (χ4n) is 3.84. The van der Waals surface area contributed by atoms with Crippen LogP contribution in [0.25, 0.3) is 5.65 Å². The molecule has 1 fully saturated rings. The Hall–Kier alpha value is -2.89. The summed E-state index contributed by atoms with van der Waals surface area (Å²) in [6, 6.07) is 10.1. The standard InChI is InChI=1S/C21H24N4O2/c1-4-27-17-9-7-16(8-10-17)19-6-5-11-24(19)21(26)18-13-22-20-12-14(2)23-25(20)15(18)3/h7-10,12-13,19H,4-6,11H2,1-3H3. The van der Waals surface area contributed by atoms with E-state index in [1.54, 1.807) is 10.7 Å². The highest BCUT2D eigenvalue weighted by Gasteiger charge is 2.32. The Morgan fingerprint density at radius 3 is 2.78 bits per heavy atom. The lowest BCUT2D eigenvalue weighted by Crippen LogP contribution is -2.31. The predicted octanol–water partition coefficient (Wildman–Crippen LogP) is 3.72. The first-order valence-electron chi connectivity index (χ1n) is 9.44. The number of carbonyl (C=O) groups excluding carboxylic acids is 1. The van der Waals surface area contributed by atoms with Crippen LogP contribution in [0.5, 0.6) is 5.75 Å². The van der Waals surface area contributed by atoms with Gasteiger partial charge in [0.1, 0.15) is 5.75 Å². The molecule has 27 heavy (non-hydrogen) atoms. The van der Waals surface area contributed by atoms with Crippen molar-refractivity contribution in [1.29, 1.82) is 0 Å². The van der Waals surface area contributed by atoms with E-state index < -0.39 is 0 Å². The van der Waals surface area contributed by atoms with Crippen molar-refractivity contribution in [2.75, 3.05) is 13.2 Å². The molecule has 3 heterocycles. The maximum atomic E-state index is 13.3. The van der Waals surface area contributed by atoms with Crippen molar-refractivity contribution in [3.05, 3.63) is 59.0 Å². The molecule has 0 bridgehead atoms. The van der Waals surface area contributed by atoms with Crippen molar-refractivity contribution in [2.45, 2.75) is 39.7 Å². The monoisotopic (exact) mass is 364 g/mol. The van der Waals surface area contributed by atoms with Gasteiger partial charge in [0, 0.05) is 18.8 Å². The van der Waals surface area contributed by atoms with Gasteiger partial charge in [0.15, 0.2) is 5.65 Å². The second kappa shape index (κ2) is 7.02. The topological polar surface area (TPSA) is 59.7 Å². The first kappa shape index (κ1) is 17.5. The van der Waals surface area contributed by atoms with E-state index in [1.807, 2.05) is 43.9 Å². The van der Waals surface area contributed by atoms with E-state index in [1.165, 1.54) is 0 Å². The molecule has 2 aromatic heterocycles. The molecule has 0 aliphatic carbocycles. The molecule has 1 atom stereocenters. The highest BCUT2D eigenvalue weighted by molar-refractivity contribution is 5.95. The highest BCUT2D eigenvalue weighted by Crippen LogP contribution is 2.34. The zero-order valence-electron chi connectivity index (χ0n) is 16.0. The SMILES string of the molecule is CCOc1ccc(C2CCCN2C(=O)c2cnc3cc(C)nn3c2C)cc1. The lowest BCUT2D eigenvalue weighted by atomic mass is 10.0. The fourth-order valence-corrected chi connectivity index (χ4v) is 3.84. The van der Waals surface area contributed by atoms with Gasteiger partial charge in [-0.25, -0.2) is 9.50 Å². The molecular formula is C21H24N4O2. The van der Waals surface area contributed by atoms with Gasteiger partial charge in [-0.1, -0.05) is 12.1 Å².